The molecule has 9 heteroatoms. The van der Waals surface area contributed by atoms with E-state index in [0.29, 0.717) is 5.56 Å². The van der Waals surface area contributed by atoms with Crippen molar-refractivity contribution in [2.45, 2.75) is 18.0 Å². The Balaban J connectivity index is 1.91. The minimum Gasteiger partial charge on any atom is -0.508 e. The van der Waals surface area contributed by atoms with Crippen LogP contribution in [0.15, 0.2) is 54.7 Å². The molecule has 0 radical (unpaired) electrons. The monoisotopic (exact) mass is 452 g/mol. The maximum Gasteiger partial charge on any atom is 0.325 e. The van der Waals surface area contributed by atoms with Gasteiger partial charge in [0.1, 0.15) is 17.2 Å². The van der Waals surface area contributed by atoms with Crippen LogP contribution in [0.5, 0.6) is 5.75 Å². The van der Waals surface area contributed by atoms with E-state index in [9.17, 15) is 24.6 Å². The number of nitrogens with one attached hydrogen (secondary N) is 2. The quantitative estimate of drug-likeness (QED) is 0.418. The fraction of sp³-hybridized carbons (Fsp3) is 0.292. The molecule has 1 saturated heterocycles. The van der Waals surface area contributed by atoms with Crippen LogP contribution >= 0.6 is 0 Å². The lowest BCUT2D eigenvalue weighted by Gasteiger charge is -2.31. The molecule has 0 amide bonds. The van der Waals surface area contributed by atoms with Gasteiger partial charge in [-0.1, -0.05) is 36.4 Å². The first-order chi connectivity index (χ1) is 15.8. The number of benzene rings is 2. The molecule has 1 aliphatic heterocycles. The lowest BCUT2D eigenvalue weighted by molar-refractivity contribution is -0.163. The summed E-state index contributed by atoms with van der Waals surface area (Å²) in [6.07, 6.45) is 1.57. The third-order valence-electron chi connectivity index (χ3n) is 6.39. The van der Waals surface area contributed by atoms with Gasteiger partial charge < -0.3 is 24.7 Å². The largest absolute Gasteiger partial charge is 0.508 e. The van der Waals surface area contributed by atoms with Gasteiger partial charge in [0.05, 0.1) is 26.2 Å². The van der Waals surface area contributed by atoms with Crippen LogP contribution in [0.25, 0.3) is 10.9 Å². The predicted octanol–water partition coefficient (Wildman–Crippen LogP) is 2.16. The minimum atomic E-state index is -1.91. The van der Waals surface area contributed by atoms with Crippen LogP contribution in [0.2, 0.25) is 0 Å². The number of esters is 2. The summed E-state index contributed by atoms with van der Waals surface area (Å²) in [5.74, 6) is -5.79. The summed E-state index contributed by atoms with van der Waals surface area (Å²) in [5, 5.41) is 24.7. The number of carboxylic acid groups (broad SMARTS) is 1. The van der Waals surface area contributed by atoms with E-state index >= 15 is 0 Å². The molecule has 172 valence electrons. The van der Waals surface area contributed by atoms with E-state index in [2.05, 4.69) is 10.3 Å². The summed E-state index contributed by atoms with van der Waals surface area (Å²) < 4.78 is 9.93. The Hall–Kier alpha value is -3.85. The second-order valence-electron chi connectivity index (χ2n) is 8.04. The molecule has 1 fully saturated rings. The highest BCUT2D eigenvalue weighted by Crippen LogP contribution is 2.48. The van der Waals surface area contributed by atoms with Crippen molar-refractivity contribution in [1.29, 1.82) is 0 Å². The zero-order valence-corrected chi connectivity index (χ0v) is 18.1. The lowest BCUT2D eigenvalue weighted by atomic mass is 9.74. The fourth-order valence-corrected chi connectivity index (χ4v) is 4.87. The van der Waals surface area contributed by atoms with Crippen molar-refractivity contribution in [2.75, 3.05) is 14.2 Å². The second-order valence-corrected chi connectivity index (χ2v) is 8.04. The molecule has 0 saturated carbocycles. The molecular formula is C24H24N2O7. The number of rotatable bonds is 6. The summed E-state index contributed by atoms with van der Waals surface area (Å²) in [5.41, 5.74) is -0.175. The zero-order chi connectivity index (χ0) is 23.8. The number of ether oxygens (including phenoxy) is 2. The molecule has 4 rings (SSSR count). The topological polar surface area (TPSA) is 138 Å². The van der Waals surface area contributed by atoms with E-state index in [0.717, 1.165) is 18.0 Å². The van der Waals surface area contributed by atoms with Gasteiger partial charge in [-0.2, -0.15) is 0 Å². The number of aromatic amines is 1. The summed E-state index contributed by atoms with van der Waals surface area (Å²) in [4.78, 5) is 41.9. The highest BCUT2D eigenvalue weighted by Gasteiger charge is 2.64. The Morgan fingerprint density at radius 3 is 2.33 bits per heavy atom. The molecule has 33 heavy (non-hydrogen) atoms. The normalized spacial score (nSPS) is 24.5. The zero-order valence-electron chi connectivity index (χ0n) is 18.1. The number of phenolic OH excluding ortho intramolecular Hbond substituents is 1. The van der Waals surface area contributed by atoms with Gasteiger partial charge in [-0.05, 0) is 17.7 Å². The average Bonchev–Trinajstić information content (AvgIpc) is 3.38. The summed E-state index contributed by atoms with van der Waals surface area (Å²) >= 11 is 0. The van der Waals surface area contributed by atoms with Gasteiger partial charge in [0.2, 0.25) is 0 Å². The predicted molar refractivity (Wildman–Crippen MR) is 117 cm³/mol. The Bertz CT molecular complexity index is 1220. The number of carboxylic acids is 1. The number of hydrogen-bond donors (Lipinski definition) is 4. The Morgan fingerprint density at radius 1 is 1.00 bits per heavy atom. The summed E-state index contributed by atoms with van der Waals surface area (Å²) in [6, 6.07) is 12.6. The highest BCUT2D eigenvalue weighted by molar-refractivity contribution is 5.94. The van der Waals surface area contributed by atoms with Crippen LogP contribution in [-0.4, -0.2) is 52.9 Å². The first-order valence-corrected chi connectivity index (χ1v) is 10.3. The maximum atomic E-state index is 13.0. The fourth-order valence-electron chi connectivity index (χ4n) is 4.87. The number of aromatic hydroxyl groups is 1. The molecule has 0 unspecified atom stereocenters. The first-order valence-electron chi connectivity index (χ1n) is 10.3. The maximum absolute atomic E-state index is 13.0. The van der Waals surface area contributed by atoms with Gasteiger partial charge >= 0.3 is 17.9 Å². The third kappa shape index (κ3) is 3.60. The summed E-state index contributed by atoms with van der Waals surface area (Å²) in [7, 11) is 2.31. The van der Waals surface area contributed by atoms with Crippen LogP contribution in [0.1, 0.15) is 17.2 Å². The van der Waals surface area contributed by atoms with E-state index in [1.54, 1.807) is 24.4 Å². The van der Waals surface area contributed by atoms with Crippen LogP contribution < -0.4 is 5.32 Å². The molecule has 2 heterocycles. The van der Waals surface area contributed by atoms with E-state index in [-0.39, 0.29) is 17.7 Å². The van der Waals surface area contributed by atoms with E-state index < -0.39 is 41.3 Å². The molecule has 0 spiro atoms. The van der Waals surface area contributed by atoms with Crippen molar-refractivity contribution in [1.82, 2.24) is 10.3 Å². The molecule has 0 bridgehead atoms. The van der Waals surface area contributed by atoms with Gasteiger partial charge in [-0.3, -0.25) is 19.7 Å². The van der Waals surface area contributed by atoms with Crippen molar-refractivity contribution in [3.8, 4) is 5.75 Å². The van der Waals surface area contributed by atoms with Crippen molar-refractivity contribution in [3.05, 3.63) is 65.9 Å². The number of aromatic nitrogens is 1. The molecule has 1 aromatic heterocycles. The number of aliphatic carboxylic acids is 1. The van der Waals surface area contributed by atoms with Gasteiger partial charge in [0.25, 0.3) is 0 Å². The molecule has 2 aromatic carbocycles. The van der Waals surface area contributed by atoms with Crippen LogP contribution in [0.3, 0.4) is 0 Å². The minimum absolute atomic E-state index is 0.121. The average molecular weight is 452 g/mol. The van der Waals surface area contributed by atoms with Crippen molar-refractivity contribution in [3.63, 3.8) is 0 Å². The van der Waals surface area contributed by atoms with E-state index in [4.69, 9.17) is 9.47 Å². The summed E-state index contributed by atoms with van der Waals surface area (Å²) in [6.45, 7) is 0. The first kappa shape index (κ1) is 22.3. The molecule has 4 atom stereocenters. The Kier molecular flexibility index (Phi) is 5.82. The number of phenols is 1. The number of hydrogen-bond acceptors (Lipinski definition) is 7. The van der Waals surface area contributed by atoms with Gasteiger partial charge in [0, 0.05) is 29.1 Å². The molecule has 1 aliphatic rings. The third-order valence-corrected chi connectivity index (χ3v) is 6.39. The second kappa shape index (κ2) is 8.59. The number of methoxy groups -OCH3 is 2. The Morgan fingerprint density at radius 2 is 1.67 bits per heavy atom. The van der Waals surface area contributed by atoms with Gasteiger partial charge in [-0.25, -0.2) is 0 Å². The van der Waals surface area contributed by atoms with Gasteiger partial charge in [-0.15, -0.1) is 0 Å². The Labute approximate surface area is 189 Å². The number of carbonyl (C=O) groups excluding carboxylic acids is 2. The molecular weight excluding hydrogens is 428 g/mol. The smallest absolute Gasteiger partial charge is 0.325 e. The van der Waals surface area contributed by atoms with Crippen molar-refractivity contribution < 1.29 is 34.1 Å². The lowest BCUT2D eigenvalue weighted by Crippen LogP contribution is -2.57. The van der Waals surface area contributed by atoms with E-state index in [1.165, 1.54) is 13.2 Å². The number of H-pyrrole nitrogens is 1. The molecule has 4 N–H and O–H groups in total. The van der Waals surface area contributed by atoms with E-state index in [1.807, 2.05) is 24.3 Å². The van der Waals surface area contributed by atoms with Gasteiger partial charge in [0.15, 0.2) is 0 Å². The van der Waals surface area contributed by atoms with Crippen LogP contribution in [-0.2, 0) is 30.3 Å². The van der Waals surface area contributed by atoms with Crippen molar-refractivity contribution >= 4 is 28.8 Å². The van der Waals surface area contributed by atoms with Crippen LogP contribution in [0, 0.1) is 11.8 Å². The standard InChI is InChI=1S/C24H24N2O7/c1-32-21(28)18-19(22(29)33-2)24(23(30)31,26-20(18)15-8-4-6-10-17(15)27)11-13-12-25-16-9-5-3-7-14(13)16/h3-10,12,18-20,25-27H,11H2,1-2H3,(H,30,31)/t18-,19+,20+,24+/m0/s1. The molecule has 9 nitrogen and oxygen atoms in total. The van der Waals surface area contributed by atoms with Crippen LogP contribution in [0.4, 0.5) is 0 Å². The SMILES string of the molecule is COC(=O)[C@@H]1[C@@H](c2ccccc2O)N[C@@](Cc2c[nH]c3ccccc23)(C(=O)O)[C@H]1C(=O)OC. The number of carbonyl (C=O) groups is 3. The van der Waals surface area contributed by atoms with Crippen molar-refractivity contribution in [2.24, 2.45) is 11.8 Å². The number of para-hydroxylation sites is 2. The number of fused-ring (bicyclic) bond motifs is 1. The molecule has 3 aromatic rings. The highest BCUT2D eigenvalue weighted by atomic mass is 16.5. The molecule has 0 aliphatic carbocycles.